The fourth-order valence-corrected chi connectivity index (χ4v) is 3.78. The SMILES string of the molecule is O=C(NCC1CC1)c1ccc2c(n1)N(C(=O)Nc1ccncn1)[C@H]1CCN2C1. The van der Waals surface area contributed by atoms with Gasteiger partial charge in [0.15, 0.2) is 5.82 Å². The van der Waals surface area contributed by atoms with E-state index in [1.165, 1.54) is 19.2 Å². The number of carbonyl (C=O) groups is 2. The van der Waals surface area contributed by atoms with Crippen LogP contribution in [-0.2, 0) is 0 Å². The van der Waals surface area contributed by atoms with E-state index in [0.29, 0.717) is 29.8 Å². The van der Waals surface area contributed by atoms with Crippen molar-refractivity contribution in [3.05, 3.63) is 36.4 Å². The second-order valence-electron chi connectivity index (χ2n) is 7.48. The number of hydrogen-bond donors (Lipinski definition) is 2. The standard InChI is InChI=1S/C19H21N7O2/c27-18(21-9-12-1-2-12)14-3-4-15-17(23-14)26(13-6-8-25(15)10-13)19(28)24-16-5-7-20-11-22-16/h3-5,7,11-13H,1-2,6,8-10H2,(H,21,27)(H,20,22,24,28)/t13-/m0/s1. The van der Waals surface area contributed by atoms with E-state index >= 15 is 0 Å². The van der Waals surface area contributed by atoms with Gasteiger partial charge in [0.1, 0.15) is 17.8 Å². The number of fused-ring (bicyclic) bond motifs is 4. The number of amides is 3. The molecule has 1 saturated carbocycles. The topological polar surface area (TPSA) is 103 Å². The van der Waals surface area contributed by atoms with Crippen molar-refractivity contribution >= 4 is 29.3 Å². The van der Waals surface area contributed by atoms with E-state index in [1.807, 2.05) is 6.07 Å². The molecule has 1 saturated heterocycles. The summed E-state index contributed by atoms with van der Waals surface area (Å²) in [6.07, 6.45) is 6.16. The lowest BCUT2D eigenvalue weighted by Gasteiger charge is -2.35. The first-order valence-corrected chi connectivity index (χ1v) is 9.59. The summed E-state index contributed by atoms with van der Waals surface area (Å²) in [6, 6.07) is 4.99. The Morgan fingerprint density at radius 2 is 2.07 bits per heavy atom. The molecule has 3 aliphatic rings. The zero-order chi connectivity index (χ0) is 19.1. The quantitative estimate of drug-likeness (QED) is 0.837. The number of rotatable bonds is 4. The maximum atomic E-state index is 13.0. The lowest BCUT2D eigenvalue weighted by Crippen LogP contribution is -2.48. The second kappa shape index (κ2) is 6.74. The van der Waals surface area contributed by atoms with Gasteiger partial charge in [-0.15, -0.1) is 0 Å². The third kappa shape index (κ3) is 3.12. The third-order valence-electron chi connectivity index (χ3n) is 5.47. The molecule has 2 fully saturated rings. The van der Waals surface area contributed by atoms with Crippen molar-refractivity contribution in [2.24, 2.45) is 5.92 Å². The summed E-state index contributed by atoms with van der Waals surface area (Å²) in [7, 11) is 0. The molecule has 2 aliphatic heterocycles. The molecule has 9 nitrogen and oxygen atoms in total. The van der Waals surface area contributed by atoms with Gasteiger partial charge >= 0.3 is 6.03 Å². The Labute approximate surface area is 162 Å². The molecule has 0 aromatic carbocycles. The number of urea groups is 1. The predicted molar refractivity (Wildman–Crippen MR) is 103 cm³/mol. The van der Waals surface area contributed by atoms with Crippen molar-refractivity contribution in [2.75, 3.05) is 34.8 Å². The Balaban J connectivity index is 1.43. The number of pyridine rings is 1. The van der Waals surface area contributed by atoms with E-state index in [4.69, 9.17) is 0 Å². The summed E-state index contributed by atoms with van der Waals surface area (Å²) >= 11 is 0. The van der Waals surface area contributed by atoms with Gasteiger partial charge in [0.25, 0.3) is 5.91 Å². The van der Waals surface area contributed by atoms with Crippen molar-refractivity contribution in [2.45, 2.75) is 25.3 Å². The summed E-state index contributed by atoms with van der Waals surface area (Å²) in [5, 5.41) is 5.75. The lowest BCUT2D eigenvalue weighted by atomic mass is 10.1. The molecule has 5 rings (SSSR count). The predicted octanol–water partition coefficient (Wildman–Crippen LogP) is 1.64. The molecule has 0 unspecified atom stereocenters. The lowest BCUT2D eigenvalue weighted by molar-refractivity contribution is 0.0947. The highest BCUT2D eigenvalue weighted by Gasteiger charge is 2.40. The smallest absolute Gasteiger partial charge is 0.329 e. The van der Waals surface area contributed by atoms with E-state index in [9.17, 15) is 9.59 Å². The minimum Gasteiger partial charge on any atom is -0.366 e. The highest BCUT2D eigenvalue weighted by molar-refractivity contribution is 6.04. The zero-order valence-electron chi connectivity index (χ0n) is 15.3. The minimum atomic E-state index is -0.297. The molecule has 3 amide bonds. The van der Waals surface area contributed by atoms with E-state index in [2.05, 4.69) is 30.5 Å². The van der Waals surface area contributed by atoms with E-state index in [1.54, 1.807) is 23.2 Å². The van der Waals surface area contributed by atoms with Crippen LogP contribution in [0, 0.1) is 5.92 Å². The van der Waals surface area contributed by atoms with Crippen molar-refractivity contribution < 1.29 is 9.59 Å². The molecule has 28 heavy (non-hydrogen) atoms. The number of nitrogens with one attached hydrogen (secondary N) is 2. The van der Waals surface area contributed by atoms with Crippen molar-refractivity contribution in [3.8, 4) is 0 Å². The van der Waals surface area contributed by atoms with Crippen LogP contribution in [0.1, 0.15) is 29.8 Å². The molecule has 9 heteroatoms. The van der Waals surface area contributed by atoms with Crippen LogP contribution in [0.25, 0.3) is 0 Å². The van der Waals surface area contributed by atoms with Gasteiger partial charge < -0.3 is 10.2 Å². The van der Waals surface area contributed by atoms with Gasteiger partial charge in [-0.1, -0.05) is 0 Å². The summed E-state index contributed by atoms with van der Waals surface area (Å²) in [5.41, 5.74) is 1.21. The molecular formula is C19H21N7O2. The first kappa shape index (κ1) is 16.9. The molecule has 1 aliphatic carbocycles. The Kier molecular flexibility index (Phi) is 4.07. The van der Waals surface area contributed by atoms with Crippen molar-refractivity contribution in [1.82, 2.24) is 20.3 Å². The van der Waals surface area contributed by atoms with Crippen LogP contribution < -0.4 is 20.4 Å². The Hall–Kier alpha value is -3.23. The van der Waals surface area contributed by atoms with Crippen LogP contribution >= 0.6 is 0 Å². The van der Waals surface area contributed by atoms with Crippen LogP contribution in [-0.4, -0.2) is 52.6 Å². The third-order valence-corrected chi connectivity index (χ3v) is 5.47. The van der Waals surface area contributed by atoms with E-state index in [0.717, 1.165) is 25.2 Å². The Morgan fingerprint density at radius 1 is 1.18 bits per heavy atom. The van der Waals surface area contributed by atoms with Gasteiger partial charge in [-0.25, -0.2) is 19.7 Å². The molecular weight excluding hydrogens is 358 g/mol. The minimum absolute atomic E-state index is 0.0200. The highest BCUT2D eigenvalue weighted by atomic mass is 16.2. The van der Waals surface area contributed by atoms with Gasteiger partial charge in [-0.3, -0.25) is 15.0 Å². The fourth-order valence-electron chi connectivity index (χ4n) is 3.78. The molecule has 0 radical (unpaired) electrons. The normalized spacial score (nSPS) is 19.9. The van der Waals surface area contributed by atoms with Gasteiger partial charge in [0.05, 0.1) is 11.7 Å². The molecule has 2 bridgehead atoms. The Morgan fingerprint density at radius 3 is 2.86 bits per heavy atom. The summed E-state index contributed by atoms with van der Waals surface area (Å²) in [6.45, 7) is 2.31. The summed E-state index contributed by atoms with van der Waals surface area (Å²) < 4.78 is 0. The molecule has 2 N–H and O–H groups in total. The number of carbonyl (C=O) groups excluding carboxylic acids is 2. The Bertz CT molecular complexity index is 916. The van der Waals surface area contributed by atoms with Crippen molar-refractivity contribution in [3.63, 3.8) is 0 Å². The van der Waals surface area contributed by atoms with E-state index in [-0.39, 0.29) is 18.0 Å². The van der Waals surface area contributed by atoms with Crippen LogP contribution in [0.2, 0.25) is 0 Å². The average Bonchev–Trinajstić information content (AvgIpc) is 3.46. The van der Waals surface area contributed by atoms with Gasteiger partial charge in [-0.05, 0) is 43.4 Å². The summed E-state index contributed by atoms with van der Waals surface area (Å²) in [5.74, 6) is 1.36. The van der Waals surface area contributed by atoms with E-state index < -0.39 is 0 Å². The largest absolute Gasteiger partial charge is 0.366 e. The van der Waals surface area contributed by atoms with Crippen LogP contribution in [0.15, 0.2) is 30.7 Å². The fraction of sp³-hybridized carbons (Fsp3) is 0.421. The maximum Gasteiger partial charge on any atom is 0.329 e. The number of hydrogen-bond acceptors (Lipinski definition) is 6. The second-order valence-corrected chi connectivity index (χ2v) is 7.48. The molecule has 2 aromatic rings. The molecule has 1 atom stereocenters. The van der Waals surface area contributed by atoms with Crippen LogP contribution in [0.4, 0.5) is 22.1 Å². The maximum absolute atomic E-state index is 13.0. The monoisotopic (exact) mass is 379 g/mol. The summed E-state index contributed by atoms with van der Waals surface area (Å²) in [4.78, 5) is 41.9. The number of nitrogens with zero attached hydrogens (tertiary/aromatic N) is 5. The highest BCUT2D eigenvalue weighted by Crippen LogP contribution is 2.39. The molecule has 144 valence electrons. The van der Waals surface area contributed by atoms with Crippen LogP contribution in [0.3, 0.4) is 0 Å². The first-order chi connectivity index (χ1) is 13.7. The molecule has 4 heterocycles. The van der Waals surface area contributed by atoms with Gasteiger partial charge in [-0.2, -0.15) is 0 Å². The number of aromatic nitrogens is 3. The number of anilines is 3. The molecule has 0 spiro atoms. The van der Waals surface area contributed by atoms with Crippen LogP contribution in [0.5, 0.6) is 0 Å². The van der Waals surface area contributed by atoms with Gasteiger partial charge in [0, 0.05) is 25.8 Å². The first-order valence-electron chi connectivity index (χ1n) is 9.59. The molecule has 2 aromatic heterocycles. The zero-order valence-corrected chi connectivity index (χ0v) is 15.3. The van der Waals surface area contributed by atoms with Crippen molar-refractivity contribution in [1.29, 1.82) is 0 Å². The average molecular weight is 379 g/mol. The van der Waals surface area contributed by atoms with Gasteiger partial charge in [0.2, 0.25) is 0 Å².